The summed E-state index contributed by atoms with van der Waals surface area (Å²) in [6, 6.07) is 7.67. The van der Waals surface area contributed by atoms with E-state index in [0.29, 0.717) is 28.9 Å². The van der Waals surface area contributed by atoms with Gasteiger partial charge in [0.25, 0.3) is 5.69 Å². The van der Waals surface area contributed by atoms with Crippen molar-refractivity contribution in [2.75, 3.05) is 25.5 Å². The third-order valence-electron chi connectivity index (χ3n) is 4.47. The Labute approximate surface area is 178 Å². The first-order chi connectivity index (χ1) is 14.4. The number of halogens is 3. The van der Waals surface area contributed by atoms with Crippen molar-refractivity contribution in [2.45, 2.75) is 33.5 Å². The van der Waals surface area contributed by atoms with Gasteiger partial charge in [0.15, 0.2) is 6.61 Å². The third kappa shape index (κ3) is 7.25. The quantitative estimate of drug-likeness (QED) is 0.483. The van der Waals surface area contributed by atoms with Crippen molar-refractivity contribution < 1.29 is 27.6 Å². The molecule has 31 heavy (non-hydrogen) atoms. The fourth-order valence-corrected chi connectivity index (χ4v) is 3.17. The van der Waals surface area contributed by atoms with Crippen LogP contribution in [0.15, 0.2) is 30.3 Å². The normalized spacial score (nSPS) is 11.5. The van der Waals surface area contributed by atoms with Gasteiger partial charge in [0.2, 0.25) is 5.91 Å². The second kappa shape index (κ2) is 9.78. The number of hydrogen-bond acceptors (Lipinski definition) is 5. The van der Waals surface area contributed by atoms with E-state index in [1.807, 2.05) is 0 Å². The predicted octanol–water partition coefficient (Wildman–Crippen LogP) is 4.53. The number of likely N-dealkylation sites (N-methyl/N-ethyl adjacent to an activating group) is 1. The second-order valence-electron chi connectivity index (χ2n) is 7.44. The zero-order valence-electron chi connectivity index (χ0n) is 17.7. The minimum atomic E-state index is -4.41. The lowest BCUT2D eigenvalue weighted by Crippen LogP contribution is -2.30. The number of benzene rings is 2. The number of nitrogens with one attached hydrogen (secondary N) is 1. The highest BCUT2D eigenvalue weighted by Crippen LogP contribution is 2.27. The zero-order valence-corrected chi connectivity index (χ0v) is 17.7. The lowest BCUT2D eigenvalue weighted by atomic mass is 10.1. The number of hydrogen-bond donors (Lipinski definition) is 1. The molecular formula is C21H24F3N3O4. The van der Waals surface area contributed by atoms with Gasteiger partial charge in [-0.2, -0.15) is 13.2 Å². The molecule has 10 heteroatoms. The van der Waals surface area contributed by atoms with Crippen LogP contribution in [0.4, 0.5) is 24.5 Å². The second-order valence-corrected chi connectivity index (χ2v) is 7.44. The van der Waals surface area contributed by atoms with Crippen molar-refractivity contribution in [3.05, 3.63) is 62.7 Å². The molecule has 0 heterocycles. The number of nitro groups is 1. The maximum Gasteiger partial charge on any atom is 0.422 e. The van der Waals surface area contributed by atoms with E-state index in [-0.39, 0.29) is 23.9 Å². The van der Waals surface area contributed by atoms with Gasteiger partial charge >= 0.3 is 6.18 Å². The molecule has 0 saturated carbocycles. The van der Waals surface area contributed by atoms with Gasteiger partial charge in [0.1, 0.15) is 5.75 Å². The number of carbonyl (C=O) groups excluding carboxylic acids is 1. The number of amides is 1. The van der Waals surface area contributed by atoms with Gasteiger partial charge in [0, 0.05) is 18.7 Å². The van der Waals surface area contributed by atoms with Crippen LogP contribution in [0.2, 0.25) is 0 Å². The van der Waals surface area contributed by atoms with Crippen LogP contribution in [-0.2, 0) is 11.3 Å². The molecule has 0 fully saturated rings. The van der Waals surface area contributed by atoms with Crippen molar-refractivity contribution in [1.29, 1.82) is 0 Å². The van der Waals surface area contributed by atoms with Crippen LogP contribution in [0.1, 0.15) is 22.3 Å². The minimum Gasteiger partial charge on any atom is -0.484 e. The van der Waals surface area contributed by atoms with Crippen molar-refractivity contribution >= 4 is 17.3 Å². The maximum absolute atomic E-state index is 12.4. The van der Waals surface area contributed by atoms with E-state index in [1.165, 1.54) is 12.1 Å². The molecule has 0 aliphatic heterocycles. The molecule has 2 aromatic carbocycles. The van der Waals surface area contributed by atoms with Crippen LogP contribution in [0.3, 0.4) is 0 Å². The molecule has 0 aliphatic rings. The fraction of sp³-hybridized carbons (Fsp3) is 0.381. The number of nitrogens with zero attached hydrogens (tertiary/aromatic N) is 2. The van der Waals surface area contributed by atoms with E-state index in [2.05, 4.69) is 5.32 Å². The molecule has 1 N–H and O–H groups in total. The Morgan fingerprint density at radius 3 is 2.29 bits per heavy atom. The molecule has 2 aromatic rings. The number of aryl methyl sites for hydroxylation is 3. The third-order valence-corrected chi connectivity index (χ3v) is 4.47. The summed E-state index contributed by atoms with van der Waals surface area (Å²) >= 11 is 0. The Kier molecular flexibility index (Phi) is 7.61. The van der Waals surface area contributed by atoms with Crippen LogP contribution in [0, 0.1) is 30.9 Å². The summed E-state index contributed by atoms with van der Waals surface area (Å²) < 4.78 is 42.2. The number of anilines is 1. The molecule has 1 amide bonds. The molecule has 168 valence electrons. The first kappa shape index (κ1) is 24.1. The average Bonchev–Trinajstić information content (AvgIpc) is 2.61. The number of ether oxygens (including phenoxy) is 1. The Bertz CT molecular complexity index is 954. The van der Waals surface area contributed by atoms with Crippen LogP contribution in [0.5, 0.6) is 5.75 Å². The number of rotatable bonds is 8. The number of non-ortho nitro benzene ring substituents is 1. The molecule has 0 bridgehead atoms. The van der Waals surface area contributed by atoms with Crippen molar-refractivity contribution in [1.82, 2.24) is 4.90 Å². The summed E-state index contributed by atoms with van der Waals surface area (Å²) in [5, 5.41) is 13.6. The van der Waals surface area contributed by atoms with Gasteiger partial charge in [-0.25, -0.2) is 0 Å². The molecule has 0 spiro atoms. The number of carbonyl (C=O) groups is 1. The van der Waals surface area contributed by atoms with Gasteiger partial charge in [-0.05, 0) is 50.1 Å². The van der Waals surface area contributed by atoms with Crippen molar-refractivity contribution in [2.24, 2.45) is 0 Å². The van der Waals surface area contributed by atoms with Gasteiger partial charge in [-0.15, -0.1) is 0 Å². The van der Waals surface area contributed by atoms with E-state index < -0.39 is 17.7 Å². The first-order valence-electron chi connectivity index (χ1n) is 9.39. The summed E-state index contributed by atoms with van der Waals surface area (Å²) in [6.45, 7) is 4.11. The standard InChI is InChI=1S/C21H24F3N3O4/c1-13-5-6-17(27(29)30)9-18(13)25-19(28)11-26(4)10-16-7-14(2)20(15(3)8-16)31-12-21(22,23)24/h5-9H,10-12H2,1-4H3,(H,25,28). The van der Waals surface area contributed by atoms with Gasteiger partial charge in [0.05, 0.1) is 17.2 Å². The summed E-state index contributed by atoms with van der Waals surface area (Å²) in [4.78, 5) is 24.5. The number of nitro benzene ring substituents is 1. The SMILES string of the molecule is Cc1ccc([N+](=O)[O-])cc1NC(=O)CN(C)Cc1cc(C)c(OCC(F)(F)F)c(C)c1. The largest absolute Gasteiger partial charge is 0.484 e. The van der Waals surface area contributed by atoms with Crippen molar-refractivity contribution in [3.63, 3.8) is 0 Å². The summed E-state index contributed by atoms with van der Waals surface area (Å²) in [7, 11) is 1.72. The Morgan fingerprint density at radius 1 is 1.13 bits per heavy atom. The molecular weight excluding hydrogens is 415 g/mol. The predicted molar refractivity (Wildman–Crippen MR) is 110 cm³/mol. The Morgan fingerprint density at radius 2 is 1.74 bits per heavy atom. The summed E-state index contributed by atoms with van der Waals surface area (Å²) in [5.74, 6) is -0.146. The van der Waals surface area contributed by atoms with E-state index in [4.69, 9.17) is 4.74 Å². The van der Waals surface area contributed by atoms with Crippen LogP contribution >= 0.6 is 0 Å². The summed E-state index contributed by atoms with van der Waals surface area (Å²) in [6.07, 6.45) is -4.41. The summed E-state index contributed by atoms with van der Waals surface area (Å²) in [5.41, 5.74) is 2.91. The van der Waals surface area contributed by atoms with E-state index in [0.717, 1.165) is 5.56 Å². The molecule has 2 rings (SSSR count). The molecule has 0 atom stereocenters. The molecule has 0 unspecified atom stereocenters. The topological polar surface area (TPSA) is 84.7 Å². The van der Waals surface area contributed by atoms with Gasteiger partial charge in [-0.3, -0.25) is 19.8 Å². The molecule has 7 nitrogen and oxygen atoms in total. The van der Waals surface area contributed by atoms with E-state index >= 15 is 0 Å². The van der Waals surface area contributed by atoms with E-state index in [1.54, 1.807) is 50.9 Å². The van der Waals surface area contributed by atoms with Crippen LogP contribution < -0.4 is 10.1 Å². The average molecular weight is 439 g/mol. The molecule has 0 radical (unpaired) electrons. The highest BCUT2D eigenvalue weighted by atomic mass is 19.4. The van der Waals surface area contributed by atoms with Gasteiger partial charge in [-0.1, -0.05) is 18.2 Å². The molecule has 0 saturated heterocycles. The maximum atomic E-state index is 12.4. The van der Waals surface area contributed by atoms with Crippen molar-refractivity contribution in [3.8, 4) is 5.75 Å². The lowest BCUT2D eigenvalue weighted by molar-refractivity contribution is -0.384. The first-order valence-corrected chi connectivity index (χ1v) is 9.39. The van der Waals surface area contributed by atoms with Gasteiger partial charge < -0.3 is 10.1 Å². The number of alkyl halides is 3. The zero-order chi connectivity index (χ0) is 23.3. The Balaban J connectivity index is 2.01. The monoisotopic (exact) mass is 439 g/mol. The lowest BCUT2D eigenvalue weighted by Gasteiger charge is -2.19. The highest BCUT2D eigenvalue weighted by Gasteiger charge is 2.29. The fourth-order valence-electron chi connectivity index (χ4n) is 3.17. The van der Waals surface area contributed by atoms with Crippen LogP contribution in [0.25, 0.3) is 0 Å². The smallest absolute Gasteiger partial charge is 0.422 e. The molecule has 0 aromatic heterocycles. The molecule has 0 aliphatic carbocycles. The van der Waals surface area contributed by atoms with Crippen LogP contribution in [-0.4, -0.2) is 42.1 Å². The Hall–Kier alpha value is -3.14. The van der Waals surface area contributed by atoms with E-state index in [9.17, 15) is 28.1 Å². The highest BCUT2D eigenvalue weighted by molar-refractivity contribution is 5.93. The minimum absolute atomic E-state index is 0.0204.